The Morgan fingerprint density at radius 3 is 2.88 bits per heavy atom. The molecule has 0 aromatic heterocycles. The average molecular weight is 353 g/mol. The van der Waals surface area contributed by atoms with Crippen molar-refractivity contribution in [1.29, 1.82) is 0 Å². The number of nitrogens with zero attached hydrogens (tertiary/aromatic N) is 2. The maximum Gasteiger partial charge on any atom is 0.341 e. The van der Waals surface area contributed by atoms with Crippen LogP contribution in [0.1, 0.15) is 24.8 Å². The Bertz CT molecular complexity index is 606. The van der Waals surface area contributed by atoms with Crippen LogP contribution in [0.4, 0.5) is 0 Å². The molecular formula is C18H25ClN2O3. The van der Waals surface area contributed by atoms with Gasteiger partial charge in [-0.2, -0.15) is 0 Å². The Kier molecular flexibility index (Phi) is 5.33. The van der Waals surface area contributed by atoms with Gasteiger partial charge in [0.05, 0.1) is 0 Å². The van der Waals surface area contributed by atoms with Gasteiger partial charge in [0.15, 0.2) is 6.61 Å². The van der Waals surface area contributed by atoms with Crippen LogP contribution in [0, 0.1) is 5.41 Å². The number of benzene rings is 1. The second kappa shape index (κ2) is 7.30. The summed E-state index contributed by atoms with van der Waals surface area (Å²) in [4.78, 5) is 15.7. The summed E-state index contributed by atoms with van der Waals surface area (Å²) >= 11 is 6.14. The van der Waals surface area contributed by atoms with Gasteiger partial charge < -0.3 is 14.7 Å². The molecule has 0 saturated carbocycles. The van der Waals surface area contributed by atoms with E-state index in [2.05, 4.69) is 16.8 Å². The van der Waals surface area contributed by atoms with Crippen molar-refractivity contribution in [3.05, 3.63) is 28.8 Å². The van der Waals surface area contributed by atoms with Crippen molar-refractivity contribution < 1.29 is 14.6 Å². The fraction of sp³-hybridized carbons (Fsp3) is 0.611. The normalized spacial score (nSPS) is 25.2. The van der Waals surface area contributed by atoms with E-state index in [0.717, 1.165) is 25.2 Å². The van der Waals surface area contributed by atoms with Crippen LogP contribution >= 0.6 is 11.6 Å². The molecule has 24 heavy (non-hydrogen) atoms. The van der Waals surface area contributed by atoms with Gasteiger partial charge in [0.1, 0.15) is 5.75 Å². The summed E-state index contributed by atoms with van der Waals surface area (Å²) in [6.45, 7) is 4.92. The van der Waals surface area contributed by atoms with Crippen molar-refractivity contribution >= 4 is 17.6 Å². The highest BCUT2D eigenvalue weighted by atomic mass is 35.5. The molecule has 1 atom stereocenters. The summed E-state index contributed by atoms with van der Waals surface area (Å²) in [5.41, 5.74) is 1.38. The van der Waals surface area contributed by atoms with E-state index in [-0.39, 0.29) is 6.61 Å². The van der Waals surface area contributed by atoms with Gasteiger partial charge in [0.2, 0.25) is 0 Å². The zero-order chi connectivity index (χ0) is 17.2. The van der Waals surface area contributed by atoms with Crippen LogP contribution in [-0.4, -0.2) is 60.7 Å². The molecule has 1 N–H and O–H groups in total. The summed E-state index contributed by atoms with van der Waals surface area (Å²) < 4.78 is 5.44. The van der Waals surface area contributed by atoms with Crippen molar-refractivity contribution in [1.82, 2.24) is 9.80 Å². The highest BCUT2D eigenvalue weighted by molar-refractivity contribution is 6.30. The van der Waals surface area contributed by atoms with Gasteiger partial charge in [-0.3, -0.25) is 4.90 Å². The minimum absolute atomic E-state index is 0.330. The summed E-state index contributed by atoms with van der Waals surface area (Å²) in [6, 6.07) is 5.40. The zero-order valence-electron chi connectivity index (χ0n) is 14.1. The molecule has 0 bridgehead atoms. The molecule has 2 heterocycles. The summed E-state index contributed by atoms with van der Waals surface area (Å²) in [5.74, 6) is -0.355. The van der Waals surface area contributed by atoms with Gasteiger partial charge in [-0.1, -0.05) is 11.6 Å². The fourth-order valence-corrected chi connectivity index (χ4v) is 4.32. The first-order valence-corrected chi connectivity index (χ1v) is 8.88. The topological polar surface area (TPSA) is 53.0 Å². The van der Waals surface area contributed by atoms with E-state index in [1.807, 2.05) is 6.07 Å². The monoisotopic (exact) mass is 352 g/mol. The van der Waals surface area contributed by atoms with E-state index < -0.39 is 5.97 Å². The molecule has 0 amide bonds. The standard InChI is InChI=1S/C18H25ClN2O3/c1-20-8-6-18(12-20)5-2-7-21(13-18)10-14-9-15(19)3-4-16(14)24-11-17(22)23/h3-4,9H,2,5-8,10-13H2,1H3,(H,22,23)/t18-/m1/s1. The number of carboxylic acid groups (broad SMARTS) is 1. The van der Waals surface area contributed by atoms with Crippen molar-refractivity contribution in [2.45, 2.75) is 25.8 Å². The first-order valence-electron chi connectivity index (χ1n) is 8.50. The summed E-state index contributed by atoms with van der Waals surface area (Å²) in [5, 5.41) is 9.49. The Morgan fingerprint density at radius 1 is 1.33 bits per heavy atom. The smallest absolute Gasteiger partial charge is 0.341 e. The summed E-state index contributed by atoms with van der Waals surface area (Å²) in [7, 11) is 2.20. The number of halogens is 1. The minimum atomic E-state index is -0.971. The third-order valence-corrected chi connectivity index (χ3v) is 5.37. The molecule has 1 aromatic rings. The SMILES string of the molecule is CN1CC[C@]2(CCCN(Cc3cc(Cl)ccc3OCC(=O)O)C2)C1. The number of likely N-dealkylation sites (tertiary alicyclic amines) is 2. The van der Waals surface area contributed by atoms with Crippen LogP contribution in [-0.2, 0) is 11.3 Å². The predicted octanol–water partition coefficient (Wildman–Crippen LogP) is 2.72. The van der Waals surface area contributed by atoms with Gasteiger partial charge in [-0.25, -0.2) is 4.79 Å². The largest absolute Gasteiger partial charge is 0.482 e. The molecule has 0 unspecified atom stereocenters. The lowest BCUT2D eigenvalue weighted by Gasteiger charge is -2.40. The number of hydrogen-bond acceptors (Lipinski definition) is 4. The number of hydrogen-bond donors (Lipinski definition) is 1. The van der Waals surface area contributed by atoms with E-state index in [1.54, 1.807) is 12.1 Å². The molecule has 2 aliphatic rings. The van der Waals surface area contributed by atoms with Crippen LogP contribution in [0.3, 0.4) is 0 Å². The molecule has 0 radical (unpaired) electrons. The Hall–Kier alpha value is -1.30. The third kappa shape index (κ3) is 4.21. The Morgan fingerprint density at radius 2 is 2.17 bits per heavy atom. The maximum atomic E-state index is 10.8. The Labute approximate surface area is 148 Å². The van der Waals surface area contributed by atoms with Crippen molar-refractivity contribution in [3.63, 3.8) is 0 Å². The van der Waals surface area contributed by atoms with Gasteiger partial charge in [0, 0.05) is 30.2 Å². The van der Waals surface area contributed by atoms with Crippen LogP contribution in [0.15, 0.2) is 18.2 Å². The van der Waals surface area contributed by atoms with Gasteiger partial charge >= 0.3 is 5.97 Å². The van der Waals surface area contributed by atoms with Gasteiger partial charge in [0.25, 0.3) is 0 Å². The first kappa shape index (κ1) is 17.5. The number of aliphatic carboxylic acids is 1. The van der Waals surface area contributed by atoms with Crippen molar-refractivity contribution in [2.75, 3.05) is 39.8 Å². The molecule has 2 fully saturated rings. The van der Waals surface area contributed by atoms with Gasteiger partial charge in [-0.05, 0) is 63.0 Å². The second-order valence-corrected chi connectivity index (χ2v) is 7.67. The molecule has 132 valence electrons. The zero-order valence-corrected chi connectivity index (χ0v) is 14.9. The molecule has 0 aliphatic carbocycles. The molecular weight excluding hydrogens is 328 g/mol. The predicted molar refractivity (Wildman–Crippen MR) is 93.6 cm³/mol. The molecule has 2 aliphatic heterocycles. The number of piperidine rings is 1. The highest BCUT2D eigenvalue weighted by Gasteiger charge is 2.40. The molecule has 6 heteroatoms. The number of carbonyl (C=O) groups is 1. The number of ether oxygens (including phenoxy) is 1. The quantitative estimate of drug-likeness (QED) is 0.883. The fourth-order valence-electron chi connectivity index (χ4n) is 4.13. The lowest BCUT2D eigenvalue weighted by atomic mass is 9.79. The first-order chi connectivity index (χ1) is 11.5. The van der Waals surface area contributed by atoms with Gasteiger partial charge in [-0.15, -0.1) is 0 Å². The molecule has 1 aromatic carbocycles. The lowest BCUT2D eigenvalue weighted by molar-refractivity contribution is -0.139. The van der Waals surface area contributed by atoms with Crippen molar-refractivity contribution in [3.8, 4) is 5.75 Å². The third-order valence-electron chi connectivity index (χ3n) is 5.14. The average Bonchev–Trinajstić information content (AvgIpc) is 2.86. The number of rotatable bonds is 5. The molecule has 2 saturated heterocycles. The van der Waals surface area contributed by atoms with E-state index in [1.165, 1.54) is 32.4 Å². The van der Waals surface area contributed by atoms with Crippen LogP contribution in [0.25, 0.3) is 0 Å². The number of carboxylic acids is 1. The van der Waals surface area contributed by atoms with Crippen molar-refractivity contribution in [2.24, 2.45) is 5.41 Å². The van der Waals surface area contributed by atoms with E-state index >= 15 is 0 Å². The highest BCUT2D eigenvalue weighted by Crippen LogP contribution is 2.39. The Balaban J connectivity index is 1.70. The van der Waals surface area contributed by atoms with Crippen LogP contribution < -0.4 is 4.74 Å². The second-order valence-electron chi connectivity index (χ2n) is 7.24. The molecule has 1 spiro atoms. The maximum absolute atomic E-state index is 10.8. The molecule has 3 rings (SSSR count). The lowest BCUT2D eigenvalue weighted by Crippen LogP contribution is -2.44. The van der Waals surface area contributed by atoms with Crippen LogP contribution in [0.2, 0.25) is 5.02 Å². The van der Waals surface area contributed by atoms with Crippen LogP contribution in [0.5, 0.6) is 5.75 Å². The molecule has 5 nitrogen and oxygen atoms in total. The van der Waals surface area contributed by atoms with E-state index in [0.29, 0.717) is 16.2 Å². The van der Waals surface area contributed by atoms with E-state index in [4.69, 9.17) is 21.4 Å². The summed E-state index contributed by atoms with van der Waals surface area (Å²) in [6.07, 6.45) is 3.77. The minimum Gasteiger partial charge on any atom is -0.482 e. The van der Waals surface area contributed by atoms with E-state index in [9.17, 15) is 4.79 Å².